The molecule has 8 heteroatoms. The van der Waals surface area contributed by atoms with Crippen molar-refractivity contribution in [1.29, 1.82) is 0 Å². The van der Waals surface area contributed by atoms with Crippen molar-refractivity contribution < 1.29 is 14.4 Å². The molecule has 1 aliphatic carbocycles. The van der Waals surface area contributed by atoms with Gasteiger partial charge in [0, 0.05) is 57.8 Å². The van der Waals surface area contributed by atoms with Crippen molar-refractivity contribution in [2.75, 3.05) is 26.2 Å². The van der Waals surface area contributed by atoms with Crippen LogP contribution in [0.1, 0.15) is 65.1 Å². The van der Waals surface area contributed by atoms with E-state index in [0.717, 1.165) is 50.8 Å². The molecule has 0 bridgehead atoms. The Morgan fingerprint density at radius 2 is 1.76 bits per heavy atom. The molecule has 3 aliphatic rings. The van der Waals surface area contributed by atoms with E-state index in [0.29, 0.717) is 44.0 Å². The molecule has 1 saturated carbocycles. The van der Waals surface area contributed by atoms with Gasteiger partial charge in [-0.15, -0.1) is 0 Å². The smallest absolute Gasteiger partial charge is 0.274 e. The number of carbonyl (C=O) groups excluding carboxylic acids is 3. The molecule has 0 radical (unpaired) electrons. The summed E-state index contributed by atoms with van der Waals surface area (Å²) in [5.41, 5.74) is 1.86. The first kappa shape index (κ1) is 21.7. The van der Waals surface area contributed by atoms with Gasteiger partial charge in [0.25, 0.3) is 11.8 Å². The van der Waals surface area contributed by atoms with Crippen molar-refractivity contribution >= 4 is 17.7 Å². The van der Waals surface area contributed by atoms with Crippen LogP contribution in [0, 0.1) is 0 Å². The first-order chi connectivity index (χ1) is 16.1. The van der Waals surface area contributed by atoms with Crippen LogP contribution in [0.2, 0.25) is 0 Å². The average molecular weight is 450 g/mol. The van der Waals surface area contributed by atoms with E-state index in [1.165, 1.54) is 0 Å². The molecule has 3 heterocycles. The molecule has 2 fully saturated rings. The Morgan fingerprint density at radius 1 is 1.00 bits per heavy atom. The van der Waals surface area contributed by atoms with Crippen LogP contribution in [-0.2, 0) is 17.9 Å². The van der Waals surface area contributed by atoms with E-state index in [2.05, 4.69) is 5.10 Å². The number of rotatable bonds is 7. The summed E-state index contributed by atoms with van der Waals surface area (Å²) < 4.78 is 1.68. The Labute approximate surface area is 194 Å². The first-order valence-corrected chi connectivity index (χ1v) is 12.1. The molecule has 0 atom stereocenters. The maximum absolute atomic E-state index is 13.3. The normalized spacial score (nSPS) is 18.2. The van der Waals surface area contributed by atoms with E-state index in [-0.39, 0.29) is 23.8 Å². The Bertz CT molecular complexity index is 1020. The van der Waals surface area contributed by atoms with Gasteiger partial charge >= 0.3 is 0 Å². The van der Waals surface area contributed by atoms with Crippen molar-refractivity contribution in [3.05, 3.63) is 53.3 Å². The highest BCUT2D eigenvalue weighted by Crippen LogP contribution is 2.29. The van der Waals surface area contributed by atoms with Gasteiger partial charge in [0.1, 0.15) is 5.69 Å². The van der Waals surface area contributed by atoms with Crippen LogP contribution in [0.3, 0.4) is 0 Å². The fraction of sp³-hybridized carbons (Fsp3) is 0.520. The van der Waals surface area contributed by atoms with E-state index in [1.807, 2.05) is 40.1 Å². The van der Waals surface area contributed by atoms with Crippen molar-refractivity contribution in [2.45, 2.75) is 57.7 Å². The second kappa shape index (κ2) is 9.37. The van der Waals surface area contributed by atoms with Gasteiger partial charge in [-0.3, -0.25) is 19.1 Å². The number of aromatic nitrogens is 2. The maximum atomic E-state index is 13.3. The average Bonchev–Trinajstić information content (AvgIpc) is 3.37. The number of fused-ring (bicyclic) bond motifs is 1. The van der Waals surface area contributed by atoms with E-state index < -0.39 is 0 Å². The molecule has 2 aromatic rings. The number of hydrogen-bond donors (Lipinski definition) is 0. The summed E-state index contributed by atoms with van der Waals surface area (Å²) in [7, 11) is 0. The minimum atomic E-state index is -0.172. The molecular weight excluding hydrogens is 418 g/mol. The van der Waals surface area contributed by atoms with Crippen molar-refractivity contribution in [3.63, 3.8) is 0 Å². The third-order valence-corrected chi connectivity index (χ3v) is 6.79. The summed E-state index contributed by atoms with van der Waals surface area (Å²) in [5, 5.41) is 4.52. The molecule has 8 nitrogen and oxygen atoms in total. The molecule has 5 rings (SSSR count). The first-order valence-electron chi connectivity index (χ1n) is 12.1. The summed E-state index contributed by atoms with van der Waals surface area (Å²) in [6.07, 6.45) is 5.18. The molecular formula is C25H31N5O3. The molecule has 1 aromatic carbocycles. The number of carbonyl (C=O) groups is 3. The fourth-order valence-corrected chi connectivity index (χ4v) is 4.82. The van der Waals surface area contributed by atoms with Crippen LogP contribution in [0.15, 0.2) is 36.4 Å². The Kier molecular flexibility index (Phi) is 6.15. The zero-order valence-electron chi connectivity index (χ0n) is 19.0. The summed E-state index contributed by atoms with van der Waals surface area (Å²) in [6.45, 7) is 3.87. The largest absolute Gasteiger partial charge is 0.343 e. The number of aryl methyl sites for hydroxylation is 1. The molecule has 0 spiro atoms. The zero-order chi connectivity index (χ0) is 22.8. The second-order valence-corrected chi connectivity index (χ2v) is 9.27. The Morgan fingerprint density at radius 3 is 2.48 bits per heavy atom. The minimum Gasteiger partial charge on any atom is -0.343 e. The molecule has 0 N–H and O–H groups in total. The highest BCUT2D eigenvalue weighted by atomic mass is 16.2. The summed E-state index contributed by atoms with van der Waals surface area (Å²) in [4.78, 5) is 44.6. The van der Waals surface area contributed by atoms with E-state index in [4.69, 9.17) is 0 Å². The lowest BCUT2D eigenvalue weighted by Gasteiger charge is -2.23. The Hall–Kier alpha value is -3.16. The van der Waals surface area contributed by atoms with E-state index in [1.54, 1.807) is 15.6 Å². The van der Waals surface area contributed by atoms with Gasteiger partial charge < -0.3 is 14.7 Å². The van der Waals surface area contributed by atoms with E-state index >= 15 is 0 Å². The van der Waals surface area contributed by atoms with Crippen LogP contribution in [0.5, 0.6) is 0 Å². The molecule has 33 heavy (non-hydrogen) atoms. The molecule has 174 valence electrons. The molecule has 0 unspecified atom stereocenters. The summed E-state index contributed by atoms with van der Waals surface area (Å²) in [5.74, 6) is -0.141. The molecule has 1 aromatic heterocycles. The van der Waals surface area contributed by atoms with Crippen molar-refractivity contribution in [2.24, 2.45) is 0 Å². The van der Waals surface area contributed by atoms with Crippen LogP contribution < -0.4 is 0 Å². The van der Waals surface area contributed by atoms with Crippen molar-refractivity contribution in [1.82, 2.24) is 24.5 Å². The third kappa shape index (κ3) is 4.79. The van der Waals surface area contributed by atoms with Gasteiger partial charge in [-0.05, 0) is 37.7 Å². The van der Waals surface area contributed by atoms with Crippen molar-refractivity contribution in [3.8, 4) is 0 Å². The fourth-order valence-electron chi connectivity index (χ4n) is 4.82. The lowest BCUT2D eigenvalue weighted by Crippen LogP contribution is -2.38. The number of amides is 3. The summed E-state index contributed by atoms with van der Waals surface area (Å²) in [6, 6.07) is 11.8. The predicted molar refractivity (Wildman–Crippen MR) is 123 cm³/mol. The number of likely N-dealkylation sites (tertiary alicyclic amines) is 1. The molecule has 2 aliphatic heterocycles. The van der Waals surface area contributed by atoms with Gasteiger partial charge in [-0.25, -0.2) is 0 Å². The van der Waals surface area contributed by atoms with Gasteiger partial charge in [-0.1, -0.05) is 30.3 Å². The Balaban J connectivity index is 1.29. The number of hydrogen-bond acceptors (Lipinski definition) is 4. The number of benzene rings is 1. The van der Waals surface area contributed by atoms with Crippen LogP contribution >= 0.6 is 0 Å². The van der Waals surface area contributed by atoms with E-state index in [9.17, 15) is 14.4 Å². The molecule has 1 saturated heterocycles. The number of nitrogens with zero attached hydrogens (tertiary/aromatic N) is 5. The highest BCUT2D eigenvalue weighted by molar-refractivity contribution is 5.98. The maximum Gasteiger partial charge on any atom is 0.274 e. The highest BCUT2D eigenvalue weighted by Gasteiger charge is 2.36. The van der Waals surface area contributed by atoms with Gasteiger partial charge in [0.15, 0.2) is 5.69 Å². The minimum absolute atomic E-state index is 0.0925. The topological polar surface area (TPSA) is 78.8 Å². The summed E-state index contributed by atoms with van der Waals surface area (Å²) >= 11 is 0. The SMILES string of the molecule is O=C(CCN(C(=O)c1cc2n(n1)CCCN(Cc1ccccc1)C2=O)C1CC1)N1CCCC1. The van der Waals surface area contributed by atoms with Crippen LogP contribution in [0.4, 0.5) is 0 Å². The van der Waals surface area contributed by atoms with Crippen LogP contribution in [0.25, 0.3) is 0 Å². The van der Waals surface area contributed by atoms with Crippen LogP contribution in [-0.4, -0.2) is 74.4 Å². The predicted octanol–water partition coefficient (Wildman–Crippen LogP) is 2.55. The lowest BCUT2D eigenvalue weighted by atomic mass is 10.2. The molecule has 3 amide bonds. The monoisotopic (exact) mass is 449 g/mol. The van der Waals surface area contributed by atoms with Gasteiger partial charge in [0.05, 0.1) is 0 Å². The van der Waals surface area contributed by atoms with Gasteiger partial charge in [-0.2, -0.15) is 5.10 Å². The zero-order valence-corrected chi connectivity index (χ0v) is 19.0. The third-order valence-electron chi connectivity index (χ3n) is 6.79. The second-order valence-electron chi connectivity index (χ2n) is 9.27. The standard InChI is InChI=1S/C25H31N5O3/c31-23(27-12-4-5-13-27)11-16-29(20-9-10-20)24(32)21-17-22-25(33)28(14-6-15-30(22)26-21)18-19-7-2-1-3-8-19/h1-3,7-8,17,20H,4-6,9-16,18H2. The van der Waals surface area contributed by atoms with Gasteiger partial charge in [0.2, 0.25) is 5.91 Å². The lowest BCUT2D eigenvalue weighted by molar-refractivity contribution is -0.130. The quantitative estimate of drug-likeness (QED) is 0.651.